The Balaban J connectivity index is 1.34. The maximum Gasteiger partial charge on any atom is 0.247 e. The summed E-state index contributed by atoms with van der Waals surface area (Å²) in [7, 11) is 0. The first-order valence-corrected chi connectivity index (χ1v) is 10.4. The highest BCUT2D eigenvalue weighted by Gasteiger charge is 2.29. The highest BCUT2D eigenvalue weighted by atomic mass is 16.4. The summed E-state index contributed by atoms with van der Waals surface area (Å²) in [4.78, 5) is 6.64. The molecule has 3 heterocycles. The molecule has 1 saturated carbocycles. The van der Waals surface area contributed by atoms with Crippen molar-refractivity contribution in [3.63, 3.8) is 0 Å². The lowest BCUT2D eigenvalue weighted by Crippen LogP contribution is -2.53. The molecule has 3 aromatic rings. The average molecular weight is 407 g/mol. The summed E-state index contributed by atoms with van der Waals surface area (Å²) in [6.45, 7) is 7.00. The minimum atomic E-state index is 0.0737. The molecular formula is C21H25N7O2. The van der Waals surface area contributed by atoms with Crippen molar-refractivity contribution in [2.45, 2.75) is 38.6 Å². The average Bonchev–Trinajstić information content (AvgIpc) is 3.50. The number of piperazine rings is 1. The minimum absolute atomic E-state index is 0.0737. The van der Waals surface area contributed by atoms with E-state index in [2.05, 4.69) is 49.4 Å². The van der Waals surface area contributed by atoms with Crippen LogP contribution in [0.15, 0.2) is 28.8 Å². The van der Waals surface area contributed by atoms with Gasteiger partial charge in [-0.3, -0.25) is 0 Å². The second-order valence-corrected chi connectivity index (χ2v) is 8.35. The Morgan fingerprint density at radius 3 is 2.73 bits per heavy atom. The van der Waals surface area contributed by atoms with Crippen LogP contribution in [-0.4, -0.2) is 56.2 Å². The van der Waals surface area contributed by atoms with Gasteiger partial charge in [-0.15, -0.1) is 20.4 Å². The highest BCUT2D eigenvalue weighted by Crippen LogP contribution is 2.40. The molecule has 0 amide bonds. The van der Waals surface area contributed by atoms with Crippen LogP contribution in [0, 0.1) is 5.92 Å². The summed E-state index contributed by atoms with van der Waals surface area (Å²) in [5.74, 6) is 2.70. The Hall–Kier alpha value is -3.07. The molecule has 9 heteroatoms. The second kappa shape index (κ2) is 7.64. The van der Waals surface area contributed by atoms with Gasteiger partial charge in [0.05, 0.1) is 6.20 Å². The largest absolute Gasteiger partial charge is 0.507 e. The van der Waals surface area contributed by atoms with E-state index >= 15 is 0 Å². The van der Waals surface area contributed by atoms with Gasteiger partial charge in [-0.05, 0) is 37.0 Å². The zero-order valence-corrected chi connectivity index (χ0v) is 17.1. The van der Waals surface area contributed by atoms with E-state index in [4.69, 9.17) is 4.42 Å². The molecule has 1 saturated heterocycles. The van der Waals surface area contributed by atoms with Crippen LogP contribution in [0.25, 0.3) is 22.7 Å². The van der Waals surface area contributed by atoms with E-state index in [1.165, 1.54) is 0 Å². The highest BCUT2D eigenvalue weighted by molar-refractivity contribution is 5.71. The second-order valence-electron chi connectivity index (χ2n) is 8.35. The number of rotatable bonds is 5. The monoisotopic (exact) mass is 407 g/mol. The molecule has 0 unspecified atom stereocenters. The van der Waals surface area contributed by atoms with Gasteiger partial charge in [-0.2, -0.15) is 0 Å². The molecule has 5 rings (SSSR count). The Bertz CT molecular complexity index is 1030. The number of aromatic nitrogens is 5. The zero-order valence-electron chi connectivity index (χ0n) is 17.1. The first-order chi connectivity index (χ1) is 14.6. The summed E-state index contributed by atoms with van der Waals surface area (Å²) < 4.78 is 5.72. The molecule has 30 heavy (non-hydrogen) atoms. The number of anilines is 1. The molecule has 156 valence electrons. The van der Waals surface area contributed by atoms with Crippen LogP contribution in [0.2, 0.25) is 0 Å². The number of nitrogens with one attached hydrogen (secondary N) is 1. The summed E-state index contributed by atoms with van der Waals surface area (Å²) in [5.41, 5.74) is 1.75. The predicted octanol–water partition coefficient (Wildman–Crippen LogP) is 2.61. The number of phenols is 1. The molecule has 0 bridgehead atoms. The third-order valence-corrected chi connectivity index (χ3v) is 5.73. The lowest BCUT2D eigenvalue weighted by Gasteiger charge is -2.35. The van der Waals surface area contributed by atoms with Crippen molar-refractivity contribution in [3.8, 4) is 28.5 Å². The Morgan fingerprint density at radius 1 is 1.17 bits per heavy atom. The molecule has 2 aliphatic rings. The van der Waals surface area contributed by atoms with E-state index in [9.17, 15) is 5.11 Å². The number of phenolic OH excluding ortho intramolecular Hbond substituents is 1. The van der Waals surface area contributed by atoms with E-state index in [0.717, 1.165) is 32.5 Å². The summed E-state index contributed by atoms with van der Waals surface area (Å²) in [6.07, 6.45) is 3.85. The maximum atomic E-state index is 10.5. The molecule has 0 radical (unpaired) electrons. The van der Waals surface area contributed by atoms with E-state index < -0.39 is 0 Å². The number of hydrogen-bond acceptors (Lipinski definition) is 9. The van der Waals surface area contributed by atoms with E-state index in [0.29, 0.717) is 52.4 Å². The molecule has 1 aliphatic heterocycles. The van der Waals surface area contributed by atoms with Gasteiger partial charge in [0.2, 0.25) is 17.7 Å². The molecule has 1 atom stereocenters. The van der Waals surface area contributed by atoms with Crippen molar-refractivity contribution in [1.82, 2.24) is 30.7 Å². The molecule has 1 aromatic carbocycles. The molecule has 2 fully saturated rings. The fraction of sp³-hybridized carbons (Fsp3) is 0.476. The lowest BCUT2D eigenvalue weighted by atomic mass is 10.0. The quantitative estimate of drug-likeness (QED) is 0.659. The van der Waals surface area contributed by atoms with Crippen LogP contribution in [-0.2, 0) is 0 Å². The minimum Gasteiger partial charge on any atom is -0.507 e. The summed E-state index contributed by atoms with van der Waals surface area (Å²) in [5, 5.41) is 30.9. The molecule has 2 aromatic heterocycles. The van der Waals surface area contributed by atoms with Crippen LogP contribution in [0.5, 0.6) is 5.75 Å². The van der Waals surface area contributed by atoms with Gasteiger partial charge >= 0.3 is 0 Å². The van der Waals surface area contributed by atoms with Crippen molar-refractivity contribution in [2.75, 3.05) is 24.5 Å². The van der Waals surface area contributed by atoms with Crippen molar-refractivity contribution in [1.29, 1.82) is 0 Å². The Morgan fingerprint density at radius 2 is 2.03 bits per heavy atom. The number of hydrogen-bond donors (Lipinski definition) is 2. The molecule has 1 aliphatic carbocycles. The van der Waals surface area contributed by atoms with Crippen molar-refractivity contribution in [2.24, 2.45) is 5.92 Å². The number of benzene rings is 1. The fourth-order valence-corrected chi connectivity index (χ4v) is 3.67. The maximum absolute atomic E-state index is 10.5. The van der Waals surface area contributed by atoms with Gasteiger partial charge in [0, 0.05) is 42.7 Å². The standard InChI is InChI=1S/C21H25N7O2/c1-12(2)17-11-28(8-7-22-17)21-23-10-16(24-27-21)15-6-5-14(9-18(15)29)20-26-25-19(30-20)13-3-4-13/h5-6,9-10,12-13,17,22,29H,3-4,7-8,11H2,1-2H3/t17-/m1/s1. The SMILES string of the molecule is CC(C)[C@H]1CN(c2ncc(-c3ccc(-c4nnc(C5CC5)o4)cc3O)nn2)CCN1. The van der Waals surface area contributed by atoms with Gasteiger partial charge in [-0.25, -0.2) is 4.98 Å². The molecule has 9 nitrogen and oxygen atoms in total. The Labute approximate surface area is 174 Å². The van der Waals surface area contributed by atoms with Crippen LogP contribution in [0.3, 0.4) is 0 Å². The Kier molecular flexibility index (Phi) is 4.82. The zero-order chi connectivity index (χ0) is 20.7. The molecule has 2 N–H and O–H groups in total. The van der Waals surface area contributed by atoms with Gasteiger partial charge in [0.25, 0.3) is 0 Å². The van der Waals surface area contributed by atoms with Crippen LogP contribution in [0.4, 0.5) is 5.95 Å². The van der Waals surface area contributed by atoms with Gasteiger partial charge < -0.3 is 19.7 Å². The normalized spacial score (nSPS) is 19.4. The summed E-state index contributed by atoms with van der Waals surface area (Å²) in [6, 6.07) is 5.62. The molecule has 0 spiro atoms. The number of aromatic hydroxyl groups is 1. The third kappa shape index (κ3) is 3.72. The smallest absolute Gasteiger partial charge is 0.247 e. The third-order valence-electron chi connectivity index (χ3n) is 5.73. The van der Waals surface area contributed by atoms with E-state index in [-0.39, 0.29) is 5.75 Å². The number of nitrogens with zero attached hydrogens (tertiary/aromatic N) is 6. The van der Waals surface area contributed by atoms with E-state index in [1.54, 1.807) is 18.3 Å². The fourth-order valence-electron chi connectivity index (χ4n) is 3.67. The van der Waals surface area contributed by atoms with Crippen LogP contribution in [0.1, 0.15) is 38.5 Å². The first kappa shape index (κ1) is 18.9. The van der Waals surface area contributed by atoms with Crippen molar-refractivity contribution in [3.05, 3.63) is 30.3 Å². The topological polar surface area (TPSA) is 113 Å². The summed E-state index contributed by atoms with van der Waals surface area (Å²) >= 11 is 0. The van der Waals surface area contributed by atoms with Crippen LogP contribution >= 0.6 is 0 Å². The predicted molar refractivity (Wildman–Crippen MR) is 111 cm³/mol. The van der Waals surface area contributed by atoms with Crippen LogP contribution < -0.4 is 10.2 Å². The first-order valence-electron chi connectivity index (χ1n) is 10.4. The van der Waals surface area contributed by atoms with Gasteiger partial charge in [-0.1, -0.05) is 13.8 Å². The van der Waals surface area contributed by atoms with E-state index in [1.807, 2.05) is 6.07 Å². The van der Waals surface area contributed by atoms with Crippen molar-refractivity contribution >= 4 is 5.95 Å². The lowest BCUT2D eigenvalue weighted by molar-refractivity contribution is 0.365. The van der Waals surface area contributed by atoms with Crippen molar-refractivity contribution < 1.29 is 9.52 Å². The van der Waals surface area contributed by atoms with Gasteiger partial charge in [0.1, 0.15) is 11.4 Å². The van der Waals surface area contributed by atoms with Gasteiger partial charge in [0.15, 0.2) is 0 Å². The molecular weight excluding hydrogens is 382 g/mol.